The highest BCUT2D eigenvalue weighted by Gasteiger charge is 2.31. The molecule has 2 aromatic rings. The molecule has 1 saturated heterocycles. The number of aryl methyl sites for hydroxylation is 1. The third-order valence-electron chi connectivity index (χ3n) is 4.73. The first kappa shape index (κ1) is 19.3. The van der Waals surface area contributed by atoms with Gasteiger partial charge in [-0.2, -0.15) is 18.3 Å². The van der Waals surface area contributed by atoms with E-state index in [1.54, 1.807) is 13.8 Å². The number of carbonyl (C=O) groups excluding carboxylic acids is 1. The van der Waals surface area contributed by atoms with Gasteiger partial charge in [-0.3, -0.25) is 4.79 Å². The summed E-state index contributed by atoms with van der Waals surface area (Å²) in [7, 11) is 0. The third kappa shape index (κ3) is 4.47. The van der Waals surface area contributed by atoms with Gasteiger partial charge in [-0.15, -0.1) is 0 Å². The van der Waals surface area contributed by atoms with Gasteiger partial charge in [0.2, 0.25) is 5.91 Å². The number of rotatable bonds is 4. The molecule has 0 aromatic carbocycles. The highest BCUT2D eigenvalue weighted by Crippen LogP contribution is 2.29. The maximum absolute atomic E-state index is 12.7. The van der Waals surface area contributed by atoms with Crippen molar-refractivity contribution in [2.75, 3.05) is 13.1 Å². The van der Waals surface area contributed by atoms with Gasteiger partial charge in [-0.05, 0) is 45.4 Å². The molecule has 1 aliphatic rings. The number of hydrogen-bond donors (Lipinski definition) is 2. The molecule has 0 bridgehead atoms. The zero-order valence-electron chi connectivity index (χ0n) is 15.2. The van der Waals surface area contributed by atoms with E-state index in [-0.39, 0.29) is 24.2 Å². The minimum absolute atomic E-state index is 0.0881. The molecule has 27 heavy (non-hydrogen) atoms. The van der Waals surface area contributed by atoms with Crippen LogP contribution in [0.1, 0.15) is 35.4 Å². The van der Waals surface area contributed by atoms with Crippen molar-refractivity contribution in [2.24, 2.45) is 0 Å². The number of amides is 1. The molecule has 6 nitrogen and oxygen atoms in total. The number of nitrogens with one attached hydrogen (secondary N) is 2. The van der Waals surface area contributed by atoms with Crippen molar-refractivity contribution < 1.29 is 18.0 Å². The molecule has 0 spiro atoms. The van der Waals surface area contributed by atoms with E-state index in [1.165, 1.54) is 10.7 Å². The second kappa shape index (κ2) is 7.67. The second-order valence-electron chi connectivity index (χ2n) is 6.75. The Kier molecular flexibility index (Phi) is 5.50. The Bertz CT molecular complexity index is 808. The Hall–Kier alpha value is -2.42. The van der Waals surface area contributed by atoms with Crippen molar-refractivity contribution in [1.82, 2.24) is 25.4 Å². The molecule has 0 unspecified atom stereocenters. The average molecular weight is 381 g/mol. The predicted molar refractivity (Wildman–Crippen MR) is 93.6 cm³/mol. The maximum Gasteiger partial charge on any atom is 0.417 e. The van der Waals surface area contributed by atoms with Crippen LogP contribution in [-0.2, 0) is 17.4 Å². The standard InChI is InChI=1S/C18H22F3N5O/c1-11-15(8-17(27)24-14-4-3-7-22-10-14)12(2)26(25-11)16-6-5-13(9-23-16)18(19,20)21/h5-6,9,14,22H,3-4,7-8,10H2,1-2H3,(H,24,27)/t14-/m0/s1. The summed E-state index contributed by atoms with van der Waals surface area (Å²) in [6.45, 7) is 5.29. The monoisotopic (exact) mass is 381 g/mol. The lowest BCUT2D eigenvalue weighted by Crippen LogP contribution is -2.46. The highest BCUT2D eigenvalue weighted by molar-refractivity contribution is 5.79. The van der Waals surface area contributed by atoms with Gasteiger partial charge in [-0.25, -0.2) is 9.67 Å². The predicted octanol–water partition coefficient (Wildman–Crippen LogP) is 2.31. The number of halogens is 3. The molecule has 2 N–H and O–H groups in total. The van der Waals surface area contributed by atoms with Crippen LogP contribution in [0.2, 0.25) is 0 Å². The van der Waals surface area contributed by atoms with Gasteiger partial charge in [0.05, 0.1) is 17.7 Å². The van der Waals surface area contributed by atoms with Crippen LogP contribution in [0.5, 0.6) is 0 Å². The first-order valence-electron chi connectivity index (χ1n) is 8.84. The lowest BCUT2D eigenvalue weighted by atomic mass is 10.1. The van der Waals surface area contributed by atoms with E-state index in [2.05, 4.69) is 20.7 Å². The summed E-state index contributed by atoms with van der Waals surface area (Å²) in [6, 6.07) is 2.37. The van der Waals surface area contributed by atoms with Gasteiger partial charge in [0.1, 0.15) is 0 Å². The van der Waals surface area contributed by atoms with Crippen molar-refractivity contribution in [3.05, 3.63) is 40.8 Å². The van der Waals surface area contributed by atoms with Crippen molar-refractivity contribution in [3.63, 3.8) is 0 Å². The summed E-state index contributed by atoms with van der Waals surface area (Å²) in [5, 5.41) is 10.6. The Labute approximate surface area is 155 Å². The van der Waals surface area contributed by atoms with Crippen molar-refractivity contribution in [2.45, 2.75) is 45.3 Å². The minimum atomic E-state index is -4.43. The second-order valence-corrected chi connectivity index (χ2v) is 6.75. The minimum Gasteiger partial charge on any atom is -0.352 e. The summed E-state index contributed by atoms with van der Waals surface area (Å²) < 4.78 is 39.6. The molecule has 3 rings (SSSR count). The zero-order chi connectivity index (χ0) is 19.6. The molecule has 1 atom stereocenters. The molecule has 146 valence electrons. The fourth-order valence-corrected chi connectivity index (χ4v) is 3.25. The van der Waals surface area contributed by atoms with Crippen LogP contribution in [0, 0.1) is 13.8 Å². The van der Waals surface area contributed by atoms with Crippen LogP contribution < -0.4 is 10.6 Å². The van der Waals surface area contributed by atoms with E-state index < -0.39 is 11.7 Å². The van der Waals surface area contributed by atoms with Gasteiger partial charge in [0.15, 0.2) is 5.82 Å². The lowest BCUT2D eigenvalue weighted by molar-refractivity contribution is -0.137. The number of hydrogen-bond acceptors (Lipinski definition) is 4. The number of aromatic nitrogens is 3. The van der Waals surface area contributed by atoms with Crippen LogP contribution in [0.3, 0.4) is 0 Å². The fraction of sp³-hybridized carbons (Fsp3) is 0.500. The quantitative estimate of drug-likeness (QED) is 0.853. The molecular formula is C18H22F3N5O. The largest absolute Gasteiger partial charge is 0.417 e. The number of alkyl halides is 3. The van der Waals surface area contributed by atoms with Gasteiger partial charge in [-0.1, -0.05) is 0 Å². The van der Waals surface area contributed by atoms with E-state index >= 15 is 0 Å². The first-order valence-corrected chi connectivity index (χ1v) is 8.84. The van der Waals surface area contributed by atoms with E-state index in [0.29, 0.717) is 11.4 Å². The Morgan fingerprint density at radius 2 is 2.15 bits per heavy atom. The van der Waals surface area contributed by atoms with Gasteiger partial charge in [0, 0.05) is 30.0 Å². The zero-order valence-corrected chi connectivity index (χ0v) is 15.2. The van der Waals surface area contributed by atoms with Crippen molar-refractivity contribution in [3.8, 4) is 5.82 Å². The van der Waals surface area contributed by atoms with Gasteiger partial charge in [0.25, 0.3) is 0 Å². The van der Waals surface area contributed by atoms with E-state index in [0.717, 1.165) is 43.8 Å². The van der Waals surface area contributed by atoms with Crippen LogP contribution in [0.25, 0.3) is 5.82 Å². The van der Waals surface area contributed by atoms with Crippen LogP contribution >= 0.6 is 0 Å². The molecular weight excluding hydrogens is 359 g/mol. The third-order valence-corrected chi connectivity index (χ3v) is 4.73. The molecule has 0 saturated carbocycles. The number of nitrogens with zero attached hydrogens (tertiary/aromatic N) is 3. The Morgan fingerprint density at radius 1 is 1.37 bits per heavy atom. The summed E-state index contributed by atoms with van der Waals surface area (Å²) in [5.74, 6) is 0.196. The number of pyridine rings is 1. The van der Waals surface area contributed by atoms with Crippen LogP contribution in [0.4, 0.5) is 13.2 Å². The molecule has 1 amide bonds. The fourth-order valence-electron chi connectivity index (χ4n) is 3.25. The molecule has 0 aliphatic carbocycles. The summed E-state index contributed by atoms with van der Waals surface area (Å²) in [4.78, 5) is 16.2. The average Bonchev–Trinajstić information content (AvgIpc) is 2.90. The summed E-state index contributed by atoms with van der Waals surface area (Å²) in [5.41, 5.74) is 1.30. The Morgan fingerprint density at radius 3 is 2.74 bits per heavy atom. The highest BCUT2D eigenvalue weighted by atomic mass is 19.4. The molecule has 0 radical (unpaired) electrons. The van der Waals surface area contributed by atoms with Crippen molar-refractivity contribution >= 4 is 5.91 Å². The maximum atomic E-state index is 12.7. The molecule has 3 heterocycles. The van der Waals surface area contributed by atoms with E-state index in [9.17, 15) is 18.0 Å². The van der Waals surface area contributed by atoms with Crippen molar-refractivity contribution in [1.29, 1.82) is 0 Å². The summed E-state index contributed by atoms with van der Waals surface area (Å²) in [6.07, 6.45) is -1.49. The lowest BCUT2D eigenvalue weighted by Gasteiger charge is -2.23. The molecule has 2 aromatic heterocycles. The SMILES string of the molecule is Cc1nn(-c2ccc(C(F)(F)F)cn2)c(C)c1CC(=O)N[C@H]1CCCNC1. The first-order chi connectivity index (χ1) is 12.8. The van der Waals surface area contributed by atoms with E-state index in [4.69, 9.17) is 0 Å². The topological polar surface area (TPSA) is 71.8 Å². The number of carbonyl (C=O) groups is 1. The smallest absolute Gasteiger partial charge is 0.352 e. The van der Waals surface area contributed by atoms with Gasteiger partial charge >= 0.3 is 6.18 Å². The normalized spacial score (nSPS) is 17.7. The molecule has 1 fully saturated rings. The van der Waals surface area contributed by atoms with E-state index in [1.807, 2.05) is 0 Å². The van der Waals surface area contributed by atoms with Crippen LogP contribution in [0.15, 0.2) is 18.3 Å². The van der Waals surface area contributed by atoms with Gasteiger partial charge < -0.3 is 10.6 Å². The Balaban J connectivity index is 1.75. The molecule has 9 heteroatoms. The van der Waals surface area contributed by atoms with Crippen LogP contribution in [-0.4, -0.2) is 39.8 Å². The summed E-state index contributed by atoms with van der Waals surface area (Å²) >= 11 is 0. The number of piperidine rings is 1. The molecule has 1 aliphatic heterocycles.